The third kappa shape index (κ3) is 5.11. The van der Waals surface area contributed by atoms with Gasteiger partial charge in [-0.15, -0.1) is 0 Å². The average Bonchev–Trinajstić information content (AvgIpc) is 2.44. The highest BCUT2D eigenvalue weighted by atomic mass is 19.2. The molecule has 0 fully saturated rings. The van der Waals surface area contributed by atoms with Crippen LogP contribution in [0.15, 0.2) is 12.1 Å². The number of carbonyl (C=O) groups excluding carboxylic acids is 1. The van der Waals surface area contributed by atoms with Crippen LogP contribution in [-0.2, 0) is 4.74 Å². The summed E-state index contributed by atoms with van der Waals surface area (Å²) in [5, 5.41) is 11.4. The first-order valence-electron chi connectivity index (χ1n) is 6.46. The smallest absolute Gasteiger partial charge is 0.336 e. The molecule has 0 bridgehead atoms. The molecule has 5 nitrogen and oxygen atoms in total. The van der Waals surface area contributed by atoms with Crippen molar-refractivity contribution in [3.05, 3.63) is 34.9 Å². The van der Waals surface area contributed by atoms with E-state index in [1.54, 1.807) is 7.11 Å². The van der Waals surface area contributed by atoms with E-state index in [1.807, 2.05) is 0 Å². The molecule has 0 aliphatic rings. The summed E-state index contributed by atoms with van der Waals surface area (Å²) in [4.78, 5) is 22.8. The topological polar surface area (TPSA) is 75.6 Å². The predicted molar refractivity (Wildman–Crippen MR) is 71.4 cm³/mol. The molecule has 0 unspecified atom stereocenters. The maximum atomic E-state index is 13.1. The maximum absolute atomic E-state index is 13.1. The molecule has 1 amide bonds. The molecular weight excluding hydrogens is 284 g/mol. The lowest BCUT2D eigenvalue weighted by atomic mass is 10.1. The molecule has 0 saturated heterocycles. The van der Waals surface area contributed by atoms with Crippen molar-refractivity contribution in [1.82, 2.24) is 5.32 Å². The van der Waals surface area contributed by atoms with Crippen LogP contribution in [0.25, 0.3) is 0 Å². The minimum Gasteiger partial charge on any atom is -0.478 e. The molecule has 2 N–H and O–H groups in total. The lowest BCUT2D eigenvalue weighted by molar-refractivity contribution is 0.0690. The number of carboxylic acids is 1. The Morgan fingerprint density at radius 1 is 1.14 bits per heavy atom. The van der Waals surface area contributed by atoms with Gasteiger partial charge in [-0.05, 0) is 31.4 Å². The first kappa shape index (κ1) is 17.0. The lowest BCUT2D eigenvalue weighted by Gasteiger charge is -2.08. The minimum atomic E-state index is -1.49. The number of benzene rings is 1. The van der Waals surface area contributed by atoms with Crippen LogP contribution >= 0.6 is 0 Å². The fourth-order valence-corrected chi connectivity index (χ4v) is 1.76. The van der Waals surface area contributed by atoms with E-state index in [0.29, 0.717) is 31.7 Å². The number of carbonyl (C=O) groups is 2. The minimum absolute atomic E-state index is 0.320. The summed E-state index contributed by atoms with van der Waals surface area (Å²) in [7, 11) is 1.60. The van der Waals surface area contributed by atoms with E-state index >= 15 is 0 Å². The van der Waals surface area contributed by atoms with Crippen molar-refractivity contribution in [2.75, 3.05) is 20.3 Å². The Bertz CT molecular complexity index is 520. The second-order valence-electron chi connectivity index (χ2n) is 4.43. The number of methoxy groups -OCH3 is 1. The second-order valence-corrected chi connectivity index (χ2v) is 4.43. The van der Waals surface area contributed by atoms with E-state index < -0.39 is 34.6 Å². The molecule has 0 saturated carbocycles. The van der Waals surface area contributed by atoms with Crippen LogP contribution in [0.4, 0.5) is 8.78 Å². The van der Waals surface area contributed by atoms with Gasteiger partial charge in [-0.2, -0.15) is 0 Å². The van der Waals surface area contributed by atoms with E-state index in [-0.39, 0.29) is 0 Å². The molecule has 0 aromatic heterocycles. The standard InChI is InChI=1S/C14H17F2NO4/c1-21-6-4-2-3-5-17-13(18)9-7-11(15)12(16)8-10(9)14(19)20/h7-8H,2-6H2,1H3,(H,17,18)(H,19,20). The van der Waals surface area contributed by atoms with E-state index in [4.69, 9.17) is 9.84 Å². The van der Waals surface area contributed by atoms with Crippen molar-refractivity contribution in [2.24, 2.45) is 0 Å². The summed E-state index contributed by atoms with van der Waals surface area (Å²) in [6.07, 6.45) is 2.36. The zero-order chi connectivity index (χ0) is 15.8. The van der Waals surface area contributed by atoms with Crippen LogP contribution < -0.4 is 5.32 Å². The van der Waals surface area contributed by atoms with Gasteiger partial charge in [-0.25, -0.2) is 13.6 Å². The van der Waals surface area contributed by atoms with Crippen LogP contribution in [0.5, 0.6) is 0 Å². The van der Waals surface area contributed by atoms with E-state index in [9.17, 15) is 18.4 Å². The van der Waals surface area contributed by atoms with Gasteiger partial charge in [0, 0.05) is 20.3 Å². The summed E-state index contributed by atoms with van der Waals surface area (Å²) >= 11 is 0. The molecule has 0 heterocycles. The first-order valence-corrected chi connectivity index (χ1v) is 6.46. The monoisotopic (exact) mass is 301 g/mol. The van der Waals surface area contributed by atoms with Crippen molar-refractivity contribution < 1.29 is 28.2 Å². The zero-order valence-corrected chi connectivity index (χ0v) is 11.6. The Labute approximate surface area is 120 Å². The maximum Gasteiger partial charge on any atom is 0.336 e. The number of ether oxygens (including phenoxy) is 1. The van der Waals surface area contributed by atoms with Gasteiger partial charge < -0.3 is 15.2 Å². The molecule has 1 rings (SSSR count). The summed E-state index contributed by atoms with van der Waals surface area (Å²) in [5.74, 6) is -4.79. The molecule has 0 aliphatic heterocycles. The first-order chi connectivity index (χ1) is 9.97. The fourth-order valence-electron chi connectivity index (χ4n) is 1.76. The molecule has 21 heavy (non-hydrogen) atoms. The Hall–Kier alpha value is -2.02. The molecule has 7 heteroatoms. The summed E-state index contributed by atoms with van der Waals surface area (Å²) in [6, 6.07) is 1.10. The highest BCUT2D eigenvalue weighted by molar-refractivity contribution is 6.04. The largest absolute Gasteiger partial charge is 0.478 e. The number of hydrogen-bond donors (Lipinski definition) is 2. The van der Waals surface area contributed by atoms with Crippen LogP contribution in [0, 0.1) is 11.6 Å². The van der Waals surface area contributed by atoms with E-state index in [1.165, 1.54) is 0 Å². The van der Waals surface area contributed by atoms with Crippen LogP contribution in [0.3, 0.4) is 0 Å². The van der Waals surface area contributed by atoms with Gasteiger partial charge in [0.2, 0.25) is 0 Å². The predicted octanol–water partition coefficient (Wildman–Crippen LogP) is 2.21. The molecule has 0 aliphatic carbocycles. The highest BCUT2D eigenvalue weighted by Gasteiger charge is 2.20. The van der Waals surface area contributed by atoms with E-state index in [0.717, 1.165) is 12.8 Å². The molecule has 116 valence electrons. The van der Waals surface area contributed by atoms with Crippen LogP contribution in [0.1, 0.15) is 40.0 Å². The van der Waals surface area contributed by atoms with Crippen molar-refractivity contribution in [3.63, 3.8) is 0 Å². The molecule has 0 radical (unpaired) electrons. The number of nitrogens with one attached hydrogen (secondary N) is 1. The van der Waals surface area contributed by atoms with E-state index in [2.05, 4.69) is 5.32 Å². The number of carboxylic acid groups (broad SMARTS) is 1. The molecular formula is C14H17F2NO4. The Morgan fingerprint density at radius 3 is 2.33 bits per heavy atom. The molecule has 1 aromatic rings. The Kier molecular flexibility index (Phi) is 6.74. The molecule has 0 atom stereocenters. The normalized spacial score (nSPS) is 10.4. The average molecular weight is 301 g/mol. The van der Waals surface area contributed by atoms with Crippen molar-refractivity contribution in [1.29, 1.82) is 0 Å². The Balaban J connectivity index is 2.65. The van der Waals surface area contributed by atoms with Crippen molar-refractivity contribution in [2.45, 2.75) is 19.3 Å². The second kappa shape index (κ2) is 8.31. The number of halogens is 2. The summed E-state index contributed by atoms with van der Waals surface area (Å²) < 4.78 is 31.1. The summed E-state index contributed by atoms with van der Waals surface area (Å²) in [5.41, 5.74) is -0.955. The van der Waals surface area contributed by atoms with Crippen molar-refractivity contribution >= 4 is 11.9 Å². The van der Waals surface area contributed by atoms with Gasteiger partial charge in [0.1, 0.15) is 0 Å². The number of hydrogen-bond acceptors (Lipinski definition) is 3. The molecule has 1 aromatic carbocycles. The van der Waals surface area contributed by atoms with Crippen LogP contribution in [-0.4, -0.2) is 37.2 Å². The van der Waals surface area contributed by atoms with Gasteiger partial charge in [0.05, 0.1) is 11.1 Å². The van der Waals surface area contributed by atoms with Gasteiger partial charge in [-0.1, -0.05) is 0 Å². The number of rotatable bonds is 8. The lowest BCUT2D eigenvalue weighted by Crippen LogP contribution is -2.26. The number of amides is 1. The van der Waals surface area contributed by atoms with Crippen LogP contribution in [0.2, 0.25) is 0 Å². The third-order valence-electron chi connectivity index (χ3n) is 2.85. The van der Waals surface area contributed by atoms with Gasteiger partial charge >= 0.3 is 5.97 Å². The highest BCUT2D eigenvalue weighted by Crippen LogP contribution is 2.15. The van der Waals surface area contributed by atoms with Gasteiger partial charge in [0.25, 0.3) is 5.91 Å². The van der Waals surface area contributed by atoms with Gasteiger partial charge in [-0.3, -0.25) is 4.79 Å². The number of aromatic carboxylic acids is 1. The molecule has 0 spiro atoms. The fraction of sp³-hybridized carbons (Fsp3) is 0.429. The third-order valence-corrected chi connectivity index (χ3v) is 2.85. The van der Waals surface area contributed by atoms with Crippen molar-refractivity contribution in [3.8, 4) is 0 Å². The zero-order valence-electron chi connectivity index (χ0n) is 11.6. The van der Waals surface area contributed by atoms with Gasteiger partial charge in [0.15, 0.2) is 11.6 Å². The quantitative estimate of drug-likeness (QED) is 0.722. The summed E-state index contributed by atoms with van der Waals surface area (Å²) in [6.45, 7) is 0.945. The number of unbranched alkanes of at least 4 members (excludes halogenated alkanes) is 2. The SMILES string of the molecule is COCCCCCNC(=O)c1cc(F)c(F)cc1C(=O)O. The Morgan fingerprint density at radius 2 is 1.76 bits per heavy atom.